The molecule has 0 amide bonds. The van der Waals surface area contributed by atoms with E-state index in [1.54, 1.807) is 19.1 Å². The molecule has 0 saturated carbocycles. The fraction of sp³-hybridized carbons (Fsp3) is 0.533. The Morgan fingerprint density at radius 1 is 1.43 bits per heavy atom. The summed E-state index contributed by atoms with van der Waals surface area (Å²) in [5.74, 6) is -0.328. The lowest BCUT2D eigenvalue weighted by molar-refractivity contribution is -0.145. The van der Waals surface area contributed by atoms with Crippen LogP contribution in [0.2, 0.25) is 5.02 Å². The quantitative estimate of drug-likeness (QED) is 0.771. The Labute approximate surface area is 130 Å². The lowest BCUT2D eigenvalue weighted by atomic mass is 10.2. The molecule has 0 aliphatic heterocycles. The maximum absolute atomic E-state index is 11.1. The van der Waals surface area contributed by atoms with E-state index in [4.69, 9.17) is 26.2 Å². The highest BCUT2D eigenvalue weighted by Crippen LogP contribution is 2.37. The summed E-state index contributed by atoms with van der Waals surface area (Å²) in [5.41, 5.74) is 0.946. The highest BCUT2D eigenvalue weighted by atomic mass is 35.5. The van der Waals surface area contributed by atoms with Crippen LogP contribution in [0.25, 0.3) is 0 Å². The first-order valence-electron chi connectivity index (χ1n) is 6.88. The molecule has 1 rings (SSSR count). The van der Waals surface area contributed by atoms with Gasteiger partial charge < -0.3 is 19.9 Å². The summed E-state index contributed by atoms with van der Waals surface area (Å²) < 4.78 is 10.8. The first-order valence-corrected chi connectivity index (χ1v) is 7.26. The second kappa shape index (κ2) is 8.10. The Kier molecular flexibility index (Phi) is 6.78. The smallest absolute Gasteiger partial charge is 0.344 e. The average molecular weight is 316 g/mol. The van der Waals surface area contributed by atoms with E-state index in [2.05, 4.69) is 19.2 Å². The number of halogens is 1. The molecule has 118 valence electrons. The molecule has 0 radical (unpaired) electrons. The molecule has 0 fully saturated rings. The van der Waals surface area contributed by atoms with Gasteiger partial charge in [0.2, 0.25) is 0 Å². The Morgan fingerprint density at radius 3 is 2.57 bits per heavy atom. The molecular formula is C15H22ClNO4. The number of nitrogens with one attached hydrogen (secondary N) is 1. The minimum Gasteiger partial charge on any atom is -0.493 e. The summed E-state index contributed by atoms with van der Waals surface area (Å²) in [5, 5.41) is 12.7. The Hall–Kier alpha value is -1.46. The zero-order valence-electron chi connectivity index (χ0n) is 12.8. The van der Waals surface area contributed by atoms with Gasteiger partial charge >= 0.3 is 5.97 Å². The molecule has 1 unspecified atom stereocenters. The number of hydrogen-bond donors (Lipinski definition) is 2. The molecule has 21 heavy (non-hydrogen) atoms. The molecule has 0 saturated heterocycles. The van der Waals surface area contributed by atoms with Crippen LogP contribution in [0, 0.1) is 0 Å². The molecule has 2 N–H and O–H groups in total. The van der Waals surface area contributed by atoms with Crippen LogP contribution >= 0.6 is 11.6 Å². The lowest BCUT2D eigenvalue weighted by Crippen LogP contribution is -2.26. The van der Waals surface area contributed by atoms with E-state index in [1.807, 2.05) is 0 Å². The first-order chi connectivity index (χ1) is 9.88. The van der Waals surface area contributed by atoms with Crippen molar-refractivity contribution in [3.8, 4) is 11.5 Å². The highest BCUT2D eigenvalue weighted by Gasteiger charge is 2.21. The van der Waals surface area contributed by atoms with Gasteiger partial charge in [-0.25, -0.2) is 4.79 Å². The zero-order chi connectivity index (χ0) is 16.0. The van der Waals surface area contributed by atoms with Crippen molar-refractivity contribution in [2.75, 3.05) is 7.11 Å². The van der Waals surface area contributed by atoms with E-state index in [0.717, 1.165) is 5.56 Å². The monoisotopic (exact) mass is 315 g/mol. The van der Waals surface area contributed by atoms with Crippen molar-refractivity contribution < 1.29 is 19.4 Å². The second-order valence-electron chi connectivity index (χ2n) is 5.00. The van der Waals surface area contributed by atoms with E-state index in [0.29, 0.717) is 29.8 Å². The van der Waals surface area contributed by atoms with Gasteiger partial charge in [0.05, 0.1) is 12.1 Å². The number of benzene rings is 1. The van der Waals surface area contributed by atoms with Crippen molar-refractivity contribution >= 4 is 17.6 Å². The van der Waals surface area contributed by atoms with Crippen LogP contribution in [0.15, 0.2) is 12.1 Å². The van der Waals surface area contributed by atoms with Crippen LogP contribution in [0.3, 0.4) is 0 Å². The second-order valence-corrected chi connectivity index (χ2v) is 5.40. The molecule has 0 bridgehead atoms. The van der Waals surface area contributed by atoms with Crippen LogP contribution < -0.4 is 14.8 Å². The van der Waals surface area contributed by atoms with Gasteiger partial charge in [-0.15, -0.1) is 0 Å². The number of carboxylic acids is 1. The minimum atomic E-state index is -1.03. The number of aliphatic carboxylic acids is 1. The predicted octanol–water partition coefficient (Wildman–Crippen LogP) is 3.09. The third-order valence-corrected chi connectivity index (χ3v) is 3.19. The van der Waals surface area contributed by atoms with Crippen molar-refractivity contribution in [2.24, 2.45) is 0 Å². The van der Waals surface area contributed by atoms with Gasteiger partial charge in [-0.05, 0) is 24.1 Å². The van der Waals surface area contributed by atoms with E-state index < -0.39 is 12.1 Å². The third-order valence-electron chi connectivity index (χ3n) is 2.91. The van der Waals surface area contributed by atoms with Gasteiger partial charge in [0.15, 0.2) is 17.6 Å². The van der Waals surface area contributed by atoms with Gasteiger partial charge in [0, 0.05) is 12.6 Å². The van der Waals surface area contributed by atoms with Crippen LogP contribution in [-0.2, 0) is 11.3 Å². The maximum atomic E-state index is 11.1. The molecule has 0 aliphatic carbocycles. The summed E-state index contributed by atoms with van der Waals surface area (Å²) in [7, 11) is 1.50. The molecule has 1 aromatic rings. The molecule has 6 heteroatoms. The summed E-state index contributed by atoms with van der Waals surface area (Å²) in [6.45, 7) is 6.48. The van der Waals surface area contributed by atoms with E-state index in [9.17, 15) is 4.79 Å². The lowest BCUT2D eigenvalue weighted by Gasteiger charge is -2.18. The largest absolute Gasteiger partial charge is 0.493 e. The van der Waals surface area contributed by atoms with Crippen molar-refractivity contribution in [3.05, 3.63) is 22.7 Å². The number of methoxy groups -OCH3 is 1. The van der Waals surface area contributed by atoms with Crippen molar-refractivity contribution in [2.45, 2.75) is 45.9 Å². The van der Waals surface area contributed by atoms with E-state index in [-0.39, 0.29) is 5.75 Å². The van der Waals surface area contributed by atoms with E-state index >= 15 is 0 Å². The predicted molar refractivity (Wildman–Crippen MR) is 82.3 cm³/mol. The van der Waals surface area contributed by atoms with Gasteiger partial charge in [0.25, 0.3) is 0 Å². The molecule has 0 spiro atoms. The number of carboxylic acid groups (broad SMARTS) is 1. The number of carbonyl (C=O) groups is 1. The van der Waals surface area contributed by atoms with E-state index in [1.165, 1.54) is 7.11 Å². The molecule has 1 aromatic carbocycles. The summed E-state index contributed by atoms with van der Waals surface area (Å²) >= 11 is 6.21. The normalized spacial score (nSPS) is 12.3. The third kappa shape index (κ3) is 5.10. The summed E-state index contributed by atoms with van der Waals surface area (Å²) in [4.78, 5) is 11.1. The zero-order valence-corrected chi connectivity index (χ0v) is 13.5. The molecule has 0 aromatic heterocycles. The van der Waals surface area contributed by atoms with Crippen LogP contribution in [-0.4, -0.2) is 30.3 Å². The molecule has 5 nitrogen and oxygen atoms in total. The average Bonchev–Trinajstić information content (AvgIpc) is 2.42. The van der Waals surface area contributed by atoms with Crippen molar-refractivity contribution in [1.29, 1.82) is 0 Å². The Morgan fingerprint density at radius 2 is 2.10 bits per heavy atom. The number of hydrogen-bond acceptors (Lipinski definition) is 4. The molecule has 0 aliphatic rings. The highest BCUT2D eigenvalue weighted by molar-refractivity contribution is 6.32. The fourth-order valence-electron chi connectivity index (χ4n) is 1.76. The van der Waals surface area contributed by atoms with Crippen LogP contribution in [0.4, 0.5) is 0 Å². The molecule has 0 heterocycles. The Balaban J connectivity index is 3.01. The SMILES string of the molecule is CCC(Oc1c(Cl)cc(CNC(C)C)cc1OC)C(=O)O. The van der Waals surface area contributed by atoms with Crippen LogP contribution in [0.5, 0.6) is 11.5 Å². The Bertz CT molecular complexity index is 491. The van der Waals surface area contributed by atoms with Crippen LogP contribution in [0.1, 0.15) is 32.8 Å². The van der Waals surface area contributed by atoms with Gasteiger partial charge in [0.1, 0.15) is 0 Å². The van der Waals surface area contributed by atoms with Crippen molar-refractivity contribution in [1.82, 2.24) is 5.32 Å². The fourth-order valence-corrected chi connectivity index (χ4v) is 2.04. The van der Waals surface area contributed by atoms with Gasteiger partial charge in [-0.1, -0.05) is 32.4 Å². The maximum Gasteiger partial charge on any atom is 0.344 e. The molecule has 1 atom stereocenters. The molecular weight excluding hydrogens is 294 g/mol. The summed E-state index contributed by atoms with van der Waals surface area (Å²) in [6, 6.07) is 3.90. The van der Waals surface area contributed by atoms with Gasteiger partial charge in [-0.3, -0.25) is 0 Å². The standard InChI is InChI=1S/C15H22ClNO4/c1-5-12(15(18)19)21-14-11(16)6-10(7-13(14)20-4)8-17-9(2)3/h6-7,9,12,17H,5,8H2,1-4H3,(H,18,19). The number of ether oxygens (including phenoxy) is 2. The van der Waals surface area contributed by atoms with Crippen molar-refractivity contribution in [3.63, 3.8) is 0 Å². The minimum absolute atomic E-state index is 0.265. The van der Waals surface area contributed by atoms with Gasteiger partial charge in [-0.2, -0.15) is 0 Å². The topological polar surface area (TPSA) is 67.8 Å². The first kappa shape index (κ1) is 17.6. The summed E-state index contributed by atoms with van der Waals surface area (Å²) in [6.07, 6.45) is -0.609. The number of rotatable bonds is 8.